The van der Waals surface area contributed by atoms with Gasteiger partial charge in [-0.3, -0.25) is 4.79 Å². The predicted molar refractivity (Wildman–Crippen MR) is 106 cm³/mol. The van der Waals surface area contributed by atoms with Crippen molar-refractivity contribution < 1.29 is 14.3 Å². The molecule has 1 aromatic heterocycles. The lowest BCUT2D eigenvalue weighted by molar-refractivity contribution is 0.0958. The fourth-order valence-electron chi connectivity index (χ4n) is 2.54. The quantitative estimate of drug-likeness (QED) is 0.645. The van der Waals surface area contributed by atoms with Crippen LogP contribution in [0.3, 0.4) is 0 Å². The van der Waals surface area contributed by atoms with Crippen LogP contribution in [0.15, 0.2) is 67.3 Å². The Labute approximate surface area is 164 Å². The highest BCUT2D eigenvalue weighted by Crippen LogP contribution is 2.25. The molecule has 0 radical (unpaired) electrons. The van der Waals surface area contributed by atoms with E-state index in [4.69, 9.17) is 9.47 Å². The van der Waals surface area contributed by atoms with Crippen molar-refractivity contribution in [2.24, 2.45) is 0 Å². The molecule has 0 aliphatic rings. The van der Waals surface area contributed by atoms with Crippen molar-refractivity contribution >= 4 is 5.91 Å². The van der Waals surface area contributed by atoms with Crippen LogP contribution in [0, 0.1) is 11.8 Å². The molecule has 2 aromatic carbocycles. The van der Waals surface area contributed by atoms with Crippen LogP contribution in [0.5, 0.6) is 11.5 Å². The number of aromatic nitrogens is 2. The Morgan fingerprint density at radius 1 is 1.11 bits per heavy atom. The first kappa shape index (κ1) is 19.1. The minimum Gasteiger partial charge on any atom is -0.493 e. The van der Waals surface area contributed by atoms with Crippen molar-refractivity contribution in [2.75, 3.05) is 20.3 Å². The molecule has 3 aromatic rings. The predicted octanol–water partition coefficient (Wildman–Crippen LogP) is 2.75. The van der Waals surface area contributed by atoms with Crippen LogP contribution < -0.4 is 14.8 Å². The minimum atomic E-state index is -0.158. The van der Waals surface area contributed by atoms with Gasteiger partial charge in [0, 0.05) is 24.5 Å². The van der Waals surface area contributed by atoms with Crippen molar-refractivity contribution in [2.45, 2.75) is 6.54 Å². The van der Waals surface area contributed by atoms with Crippen molar-refractivity contribution in [3.8, 4) is 23.3 Å². The first-order valence-electron chi connectivity index (χ1n) is 8.80. The second kappa shape index (κ2) is 9.83. The molecule has 6 heteroatoms. The summed E-state index contributed by atoms with van der Waals surface area (Å²) in [5, 5.41) is 2.78. The molecule has 142 valence electrons. The van der Waals surface area contributed by atoms with E-state index in [9.17, 15) is 4.79 Å². The van der Waals surface area contributed by atoms with Gasteiger partial charge in [0.2, 0.25) is 0 Å². The lowest BCUT2D eigenvalue weighted by Gasteiger charge is -2.07. The second-order valence-corrected chi connectivity index (χ2v) is 5.91. The van der Waals surface area contributed by atoms with Gasteiger partial charge in [0.15, 0.2) is 11.5 Å². The van der Waals surface area contributed by atoms with Gasteiger partial charge in [-0.15, -0.1) is 0 Å². The second-order valence-electron chi connectivity index (χ2n) is 5.91. The smallest absolute Gasteiger partial charge is 0.252 e. The zero-order valence-electron chi connectivity index (χ0n) is 15.6. The number of carbonyl (C=O) groups is 1. The van der Waals surface area contributed by atoms with Gasteiger partial charge in [0.05, 0.1) is 20.0 Å². The van der Waals surface area contributed by atoms with Gasteiger partial charge in [-0.1, -0.05) is 36.1 Å². The van der Waals surface area contributed by atoms with E-state index in [1.165, 1.54) is 0 Å². The van der Waals surface area contributed by atoms with Crippen molar-refractivity contribution in [3.63, 3.8) is 0 Å². The molecule has 0 bridgehead atoms. The molecule has 1 heterocycles. The van der Waals surface area contributed by atoms with E-state index in [0.29, 0.717) is 17.1 Å². The molecule has 0 fully saturated rings. The number of nitrogens with one attached hydrogen (secondary N) is 1. The number of hydrogen-bond donors (Lipinski definition) is 1. The van der Waals surface area contributed by atoms with E-state index in [1.807, 2.05) is 47.2 Å². The maximum absolute atomic E-state index is 12.2. The Balaban J connectivity index is 1.42. The van der Waals surface area contributed by atoms with Crippen molar-refractivity contribution in [1.29, 1.82) is 0 Å². The number of nitrogens with zero attached hydrogens (tertiary/aromatic N) is 2. The van der Waals surface area contributed by atoms with Gasteiger partial charge < -0.3 is 19.4 Å². The number of hydrogen-bond acceptors (Lipinski definition) is 4. The Bertz CT molecular complexity index is 955. The summed E-state index contributed by atoms with van der Waals surface area (Å²) in [6, 6.07) is 14.9. The van der Waals surface area contributed by atoms with Gasteiger partial charge in [0.1, 0.15) is 6.61 Å². The summed E-state index contributed by atoms with van der Waals surface area (Å²) in [7, 11) is 1.59. The van der Waals surface area contributed by atoms with Gasteiger partial charge in [-0.25, -0.2) is 4.98 Å². The Morgan fingerprint density at radius 3 is 2.61 bits per heavy atom. The summed E-state index contributed by atoms with van der Waals surface area (Å²) in [6.45, 7) is 1.20. The number of carbonyl (C=O) groups excluding carboxylic acids is 1. The summed E-state index contributed by atoms with van der Waals surface area (Å²) < 4.78 is 12.7. The minimum absolute atomic E-state index is 0.158. The largest absolute Gasteiger partial charge is 0.493 e. The molecule has 0 aliphatic heterocycles. The summed E-state index contributed by atoms with van der Waals surface area (Å²) in [4.78, 5) is 16.2. The highest BCUT2D eigenvalue weighted by molar-refractivity contribution is 5.94. The number of benzene rings is 2. The van der Waals surface area contributed by atoms with E-state index in [-0.39, 0.29) is 19.1 Å². The summed E-state index contributed by atoms with van der Waals surface area (Å²) in [6.07, 6.45) is 5.40. The van der Waals surface area contributed by atoms with Crippen LogP contribution in [-0.4, -0.2) is 35.7 Å². The number of rotatable bonds is 7. The highest BCUT2D eigenvalue weighted by Gasteiger charge is 2.04. The number of methoxy groups -OCH3 is 1. The zero-order chi connectivity index (χ0) is 19.6. The van der Waals surface area contributed by atoms with E-state index in [0.717, 1.165) is 12.1 Å². The number of ether oxygens (including phenoxy) is 2. The molecule has 6 nitrogen and oxygen atoms in total. The average molecular weight is 375 g/mol. The number of imidazole rings is 1. The van der Waals surface area contributed by atoms with Crippen LogP contribution in [0.2, 0.25) is 0 Å². The third-order valence-electron chi connectivity index (χ3n) is 3.97. The summed E-state index contributed by atoms with van der Waals surface area (Å²) in [5.74, 6) is 6.89. The molecule has 0 atom stereocenters. The Hall–Kier alpha value is -3.72. The van der Waals surface area contributed by atoms with Gasteiger partial charge >= 0.3 is 0 Å². The molecule has 0 spiro atoms. The first-order chi connectivity index (χ1) is 13.8. The molecular weight excluding hydrogens is 354 g/mol. The van der Waals surface area contributed by atoms with E-state index in [1.54, 1.807) is 31.8 Å². The Kier molecular flexibility index (Phi) is 6.69. The zero-order valence-corrected chi connectivity index (χ0v) is 15.6. The molecule has 0 saturated heterocycles. The first-order valence-corrected chi connectivity index (χ1v) is 8.80. The van der Waals surface area contributed by atoms with Gasteiger partial charge in [-0.2, -0.15) is 0 Å². The maximum Gasteiger partial charge on any atom is 0.252 e. The topological polar surface area (TPSA) is 65.4 Å². The fraction of sp³-hybridized carbons (Fsp3) is 0.182. The summed E-state index contributed by atoms with van der Waals surface area (Å²) >= 11 is 0. The number of amides is 1. The average Bonchev–Trinajstić information content (AvgIpc) is 3.24. The maximum atomic E-state index is 12.2. The molecule has 0 saturated carbocycles. The SMILES string of the molecule is COc1ccccc1OCC#CCNC(=O)c1ccc(Cn2ccnc2)cc1. The van der Waals surface area contributed by atoms with E-state index >= 15 is 0 Å². The fourth-order valence-corrected chi connectivity index (χ4v) is 2.54. The highest BCUT2D eigenvalue weighted by atomic mass is 16.5. The lowest BCUT2D eigenvalue weighted by Crippen LogP contribution is -2.23. The molecule has 28 heavy (non-hydrogen) atoms. The van der Waals surface area contributed by atoms with Crippen molar-refractivity contribution in [3.05, 3.63) is 78.4 Å². The molecule has 3 rings (SSSR count). The Morgan fingerprint density at radius 2 is 1.89 bits per heavy atom. The van der Waals surface area contributed by atoms with Crippen LogP contribution in [0.4, 0.5) is 0 Å². The molecule has 1 N–H and O–H groups in total. The third kappa shape index (κ3) is 5.39. The lowest BCUT2D eigenvalue weighted by atomic mass is 10.1. The molecule has 1 amide bonds. The van der Waals surface area contributed by atoms with Gasteiger partial charge in [-0.05, 0) is 29.8 Å². The molecule has 0 unspecified atom stereocenters. The van der Waals surface area contributed by atoms with Crippen LogP contribution >= 0.6 is 0 Å². The van der Waals surface area contributed by atoms with E-state index < -0.39 is 0 Å². The normalized spacial score (nSPS) is 9.89. The van der Waals surface area contributed by atoms with Crippen LogP contribution in [-0.2, 0) is 6.54 Å². The number of para-hydroxylation sites is 2. The van der Waals surface area contributed by atoms with Gasteiger partial charge in [0.25, 0.3) is 5.91 Å². The molecule has 0 aliphatic carbocycles. The van der Waals surface area contributed by atoms with Crippen LogP contribution in [0.25, 0.3) is 0 Å². The van der Waals surface area contributed by atoms with Crippen molar-refractivity contribution in [1.82, 2.24) is 14.9 Å². The van der Waals surface area contributed by atoms with E-state index in [2.05, 4.69) is 22.1 Å². The summed E-state index contributed by atoms with van der Waals surface area (Å²) in [5.41, 5.74) is 1.70. The monoisotopic (exact) mass is 375 g/mol. The standard InChI is InChI=1S/C22H21N3O3/c1-27-20-6-2-3-7-21(20)28-15-5-4-12-24-22(26)19-10-8-18(9-11-19)16-25-14-13-23-17-25/h2-3,6-11,13-14,17H,12,15-16H2,1H3,(H,24,26). The van der Waals surface area contributed by atoms with Crippen LogP contribution in [0.1, 0.15) is 15.9 Å². The molecular formula is C22H21N3O3. The third-order valence-corrected chi connectivity index (χ3v) is 3.97.